The number of benzene rings is 1. The minimum atomic E-state index is -0.569. The fraction of sp³-hybridized carbons (Fsp3) is 0.100. The van der Waals surface area contributed by atoms with E-state index in [2.05, 4.69) is 26.2 Å². The van der Waals surface area contributed by atoms with Gasteiger partial charge in [0.2, 0.25) is 5.78 Å². The minimum Gasteiger partial charge on any atom is -0.287 e. The molecule has 0 atom stereocenters. The Kier molecular flexibility index (Phi) is 2.82. The van der Waals surface area contributed by atoms with Crippen molar-refractivity contribution in [2.75, 3.05) is 0 Å². The van der Waals surface area contributed by atoms with Gasteiger partial charge in [-0.25, -0.2) is 9.07 Å². The largest absolute Gasteiger partial charge is 0.287 e. The van der Waals surface area contributed by atoms with Gasteiger partial charge in [0.25, 0.3) is 0 Å². The Labute approximate surface area is 99.2 Å². The summed E-state index contributed by atoms with van der Waals surface area (Å²) in [5.41, 5.74) is 0.235. The summed E-state index contributed by atoms with van der Waals surface area (Å²) in [6, 6.07) is 4.37. The molecule has 0 saturated carbocycles. The highest BCUT2D eigenvalue weighted by Gasteiger charge is 2.20. The first-order chi connectivity index (χ1) is 7.61. The standard InChI is InChI=1S/C10H7BrFN3O/c1-15-8(5-13-14-15)10(16)9-6(11)3-2-4-7(9)12/h2-5H,1H3. The highest BCUT2D eigenvalue weighted by atomic mass is 79.9. The van der Waals surface area contributed by atoms with E-state index in [4.69, 9.17) is 0 Å². The number of nitrogens with zero attached hydrogens (tertiary/aromatic N) is 3. The number of hydrogen-bond donors (Lipinski definition) is 0. The molecule has 0 spiro atoms. The van der Waals surface area contributed by atoms with E-state index in [-0.39, 0.29) is 11.3 Å². The zero-order valence-electron chi connectivity index (χ0n) is 8.32. The van der Waals surface area contributed by atoms with E-state index in [0.29, 0.717) is 4.47 Å². The fourth-order valence-electron chi connectivity index (χ4n) is 1.34. The summed E-state index contributed by atoms with van der Waals surface area (Å²) in [6.07, 6.45) is 1.31. The van der Waals surface area contributed by atoms with E-state index in [1.807, 2.05) is 0 Å². The number of ketones is 1. The highest BCUT2D eigenvalue weighted by Crippen LogP contribution is 2.22. The molecule has 0 aliphatic rings. The van der Waals surface area contributed by atoms with Gasteiger partial charge in [-0.15, -0.1) is 5.10 Å². The van der Waals surface area contributed by atoms with Gasteiger partial charge in [0.15, 0.2) is 0 Å². The first-order valence-corrected chi connectivity index (χ1v) is 5.24. The van der Waals surface area contributed by atoms with Crippen LogP contribution in [0.25, 0.3) is 0 Å². The average molecular weight is 284 g/mol. The molecule has 82 valence electrons. The number of hydrogen-bond acceptors (Lipinski definition) is 3. The van der Waals surface area contributed by atoms with Gasteiger partial charge in [0.05, 0.1) is 11.8 Å². The van der Waals surface area contributed by atoms with Crippen molar-refractivity contribution in [3.63, 3.8) is 0 Å². The Balaban J connectivity index is 2.54. The SMILES string of the molecule is Cn1nncc1C(=O)c1c(F)cccc1Br. The van der Waals surface area contributed by atoms with Crippen LogP contribution in [0.2, 0.25) is 0 Å². The number of aryl methyl sites for hydroxylation is 1. The molecule has 0 aliphatic carbocycles. The van der Waals surface area contributed by atoms with Gasteiger partial charge >= 0.3 is 0 Å². The van der Waals surface area contributed by atoms with Crippen molar-refractivity contribution in [3.05, 3.63) is 45.9 Å². The topological polar surface area (TPSA) is 47.8 Å². The minimum absolute atomic E-state index is 0.00657. The van der Waals surface area contributed by atoms with Crippen molar-refractivity contribution in [1.29, 1.82) is 0 Å². The predicted octanol–water partition coefficient (Wildman–Crippen LogP) is 1.95. The Morgan fingerprint density at radius 2 is 2.25 bits per heavy atom. The summed E-state index contributed by atoms with van der Waals surface area (Å²) in [4.78, 5) is 12.0. The predicted molar refractivity (Wildman–Crippen MR) is 58.5 cm³/mol. The van der Waals surface area contributed by atoms with Crippen LogP contribution in [0, 0.1) is 5.82 Å². The van der Waals surface area contributed by atoms with Crippen LogP contribution in [0.15, 0.2) is 28.9 Å². The quantitative estimate of drug-likeness (QED) is 0.792. The summed E-state index contributed by atoms with van der Waals surface area (Å²) in [7, 11) is 1.58. The first-order valence-electron chi connectivity index (χ1n) is 4.44. The van der Waals surface area contributed by atoms with Gasteiger partial charge in [-0.3, -0.25) is 4.79 Å². The molecule has 0 bridgehead atoms. The fourth-order valence-corrected chi connectivity index (χ4v) is 1.86. The molecular weight excluding hydrogens is 277 g/mol. The number of aromatic nitrogens is 3. The monoisotopic (exact) mass is 283 g/mol. The molecule has 1 aromatic carbocycles. The van der Waals surface area contributed by atoms with E-state index in [1.165, 1.54) is 23.0 Å². The number of halogens is 2. The second kappa shape index (κ2) is 4.13. The molecule has 6 heteroatoms. The van der Waals surface area contributed by atoms with E-state index < -0.39 is 11.6 Å². The highest BCUT2D eigenvalue weighted by molar-refractivity contribution is 9.10. The van der Waals surface area contributed by atoms with Crippen LogP contribution in [-0.2, 0) is 7.05 Å². The van der Waals surface area contributed by atoms with Crippen molar-refractivity contribution in [2.24, 2.45) is 7.05 Å². The molecule has 0 amide bonds. The van der Waals surface area contributed by atoms with Gasteiger partial charge in [0, 0.05) is 11.5 Å². The number of carbonyl (C=O) groups is 1. The molecule has 1 heterocycles. The summed E-state index contributed by atoms with van der Waals surface area (Å²) in [5.74, 6) is -1.02. The lowest BCUT2D eigenvalue weighted by Crippen LogP contribution is -2.10. The molecular formula is C10H7BrFN3O. The third-order valence-electron chi connectivity index (χ3n) is 2.14. The van der Waals surface area contributed by atoms with E-state index in [1.54, 1.807) is 13.1 Å². The normalized spacial score (nSPS) is 10.4. The number of rotatable bonds is 2. The first kappa shape index (κ1) is 10.9. The third-order valence-corrected chi connectivity index (χ3v) is 2.80. The second-order valence-corrected chi connectivity index (χ2v) is 4.02. The zero-order valence-corrected chi connectivity index (χ0v) is 9.90. The van der Waals surface area contributed by atoms with Crippen LogP contribution in [0.5, 0.6) is 0 Å². The van der Waals surface area contributed by atoms with Crippen molar-refractivity contribution < 1.29 is 9.18 Å². The molecule has 0 fully saturated rings. The summed E-state index contributed by atoms with van der Waals surface area (Å²) < 4.78 is 15.2. The van der Waals surface area contributed by atoms with E-state index in [9.17, 15) is 9.18 Å². The van der Waals surface area contributed by atoms with Gasteiger partial charge in [-0.2, -0.15) is 0 Å². The molecule has 0 saturated heterocycles. The second-order valence-electron chi connectivity index (χ2n) is 3.17. The van der Waals surface area contributed by atoms with Gasteiger partial charge in [-0.05, 0) is 28.1 Å². The van der Waals surface area contributed by atoms with Crippen LogP contribution in [0.4, 0.5) is 4.39 Å². The zero-order chi connectivity index (χ0) is 11.7. The Hall–Kier alpha value is -1.56. The lowest BCUT2D eigenvalue weighted by Gasteiger charge is -2.04. The lowest BCUT2D eigenvalue weighted by atomic mass is 10.1. The van der Waals surface area contributed by atoms with Crippen LogP contribution >= 0.6 is 15.9 Å². The summed E-state index contributed by atoms with van der Waals surface area (Å²) in [6.45, 7) is 0. The molecule has 2 aromatic rings. The van der Waals surface area contributed by atoms with Crippen LogP contribution in [0.3, 0.4) is 0 Å². The summed E-state index contributed by atoms with van der Waals surface area (Å²) >= 11 is 3.15. The molecule has 0 N–H and O–H groups in total. The maximum Gasteiger partial charge on any atom is 0.216 e. The Bertz CT molecular complexity index is 532. The van der Waals surface area contributed by atoms with Crippen LogP contribution in [0.1, 0.15) is 16.1 Å². The van der Waals surface area contributed by atoms with Crippen molar-refractivity contribution in [2.45, 2.75) is 0 Å². The van der Waals surface area contributed by atoms with Gasteiger partial charge < -0.3 is 0 Å². The third kappa shape index (κ3) is 1.76. The Morgan fingerprint density at radius 3 is 2.81 bits per heavy atom. The number of carbonyl (C=O) groups excluding carboxylic acids is 1. The Morgan fingerprint density at radius 1 is 1.50 bits per heavy atom. The van der Waals surface area contributed by atoms with Crippen molar-refractivity contribution >= 4 is 21.7 Å². The molecule has 2 rings (SSSR count). The van der Waals surface area contributed by atoms with Gasteiger partial charge in [0.1, 0.15) is 11.5 Å². The molecule has 16 heavy (non-hydrogen) atoms. The van der Waals surface area contributed by atoms with Crippen LogP contribution in [-0.4, -0.2) is 20.8 Å². The lowest BCUT2D eigenvalue weighted by molar-refractivity contribution is 0.102. The van der Waals surface area contributed by atoms with E-state index in [0.717, 1.165) is 0 Å². The van der Waals surface area contributed by atoms with Crippen molar-refractivity contribution in [3.8, 4) is 0 Å². The molecule has 0 unspecified atom stereocenters. The van der Waals surface area contributed by atoms with E-state index >= 15 is 0 Å². The van der Waals surface area contributed by atoms with Gasteiger partial charge in [-0.1, -0.05) is 11.3 Å². The van der Waals surface area contributed by atoms with Crippen molar-refractivity contribution in [1.82, 2.24) is 15.0 Å². The van der Waals surface area contributed by atoms with Crippen LogP contribution < -0.4 is 0 Å². The maximum atomic E-state index is 13.5. The maximum absolute atomic E-state index is 13.5. The average Bonchev–Trinajstić information content (AvgIpc) is 2.64. The summed E-state index contributed by atoms with van der Waals surface area (Å²) in [5, 5.41) is 7.21. The molecule has 0 aliphatic heterocycles. The molecule has 4 nitrogen and oxygen atoms in total. The molecule has 1 aromatic heterocycles. The smallest absolute Gasteiger partial charge is 0.216 e. The molecule has 0 radical (unpaired) electrons.